The van der Waals surface area contributed by atoms with Crippen LogP contribution in [0.3, 0.4) is 0 Å². The Morgan fingerprint density at radius 1 is 1.42 bits per heavy atom. The minimum absolute atomic E-state index is 0.114. The summed E-state index contributed by atoms with van der Waals surface area (Å²) < 4.78 is 0. The van der Waals surface area contributed by atoms with Gasteiger partial charge in [-0.2, -0.15) is 0 Å². The maximum atomic E-state index is 10.1. The van der Waals surface area contributed by atoms with Gasteiger partial charge in [0.25, 0.3) is 0 Å². The fourth-order valence-electron chi connectivity index (χ4n) is 0.908. The van der Waals surface area contributed by atoms with E-state index < -0.39 is 0 Å². The molecule has 0 atom stereocenters. The second-order valence-corrected chi connectivity index (χ2v) is 2.44. The fourth-order valence-corrected chi connectivity index (χ4v) is 0.908. The number of hydrogen-bond acceptors (Lipinski definition) is 2. The molecule has 0 aliphatic heterocycles. The third kappa shape index (κ3) is 2.20. The molecule has 0 spiro atoms. The van der Waals surface area contributed by atoms with Crippen LogP contribution in [0.1, 0.15) is 11.1 Å². The molecule has 0 aliphatic carbocycles. The molecule has 0 amide bonds. The van der Waals surface area contributed by atoms with Gasteiger partial charge in [-0.15, -0.1) is 0 Å². The Bertz CT molecular complexity index is 290. The van der Waals surface area contributed by atoms with Gasteiger partial charge in [0.1, 0.15) is 0 Å². The highest BCUT2D eigenvalue weighted by Crippen LogP contribution is 2.05. The maximum absolute atomic E-state index is 10.1. The molecule has 62 valence electrons. The average molecular weight is 163 g/mol. The third-order valence-electron chi connectivity index (χ3n) is 1.53. The van der Waals surface area contributed by atoms with Crippen molar-refractivity contribution in [3.8, 4) is 0 Å². The van der Waals surface area contributed by atoms with Gasteiger partial charge in [-0.3, -0.25) is 10.1 Å². The Labute approximate surface area is 70.5 Å². The number of hydrogen-bond donors (Lipinski definition) is 0. The average Bonchev–Trinajstić information content (AvgIpc) is 2.05. The standard InChI is InChI=1S/C9H9NO2/c1-2-8-3-5-9(6-4-8)7-10(11)12/h2-6H,1,7H2. The van der Waals surface area contributed by atoms with E-state index in [2.05, 4.69) is 6.58 Å². The van der Waals surface area contributed by atoms with Crippen molar-refractivity contribution in [2.75, 3.05) is 0 Å². The zero-order valence-corrected chi connectivity index (χ0v) is 6.56. The summed E-state index contributed by atoms with van der Waals surface area (Å²) in [6.45, 7) is 3.47. The van der Waals surface area contributed by atoms with Crippen LogP contribution < -0.4 is 0 Å². The van der Waals surface area contributed by atoms with Crippen molar-refractivity contribution in [3.05, 3.63) is 52.1 Å². The summed E-state index contributed by atoms with van der Waals surface area (Å²) in [5.74, 6) is 0. The Balaban J connectivity index is 2.77. The smallest absolute Gasteiger partial charge is 0.228 e. The molecule has 0 saturated heterocycles. The minimum atomic E-state index is -0.344. The third-order valence-corrected chi connectivity index (χ3v) is 1.53. The summed E-state index contributed by atoms with van der Waals surface area (Å²) in [6.07, 6.45) is 1.70. The summed E-state index contributed by atoms with van der Waals surface area (Å²) in [5.41, 5.74) is 1.69. The number of benzene rings is 1. The second-order valence-electron chi connectivity index (χ2n) is 2.44. The lowest BCUT2D eigenvalue weighted by molar-refractivity contribution is -0.496. The van der Waals surface area contributed by atoms with Crippen LogP contribution in [0.2, 0.25) is 0 Å². The number of rotatable bonds is 3. The molecule has 1 aromatic carbocycles. The fraction of sp³-hybridized carbons (Fsp3) is 0.111. The zero-order chi connectivity index (χ0) is 8.97. The number of nitrogens with zero attached hydrogens (tertiary/aromatic N) is 1. The van der Waals surface area contributed by atoms with Crippen molar-refractivity contribution in [1.29, 1.82) is 0 Å². The summed E-state index contributed by atoms with van der Waals surface area (Å²) in [4.78, 5) is 9.76. The molecule has 0 heterocycles. The molecule has 0 bridgehead atoms. The summed E-state index contributed by atoms with van der Waals surface area (Å²) >= 11 is 0. The van der Waals surface area contributed by atoms with Gasteiger partial charge in [-0.1, -0.05) is 36.9 Å². The molecule has 0 N–H and O–H groups in total. The highest BCUT2D eigenvalue weighted by Gasteiger charge is 1.99. The first kappa shape index (κ1) is 8.46. The Morgan fingerprint density at radius 2 is 2.00 bits per heavy atom. The molecule has 12 heavy (non-hydrogen) atoms. The first-order valence-electron chi connectivity index (χ1n) is 3.55. The maximum Gasteiger partial charge on any atom is 0.228 e. The summed E-state index contributed by atoms with van der Waals surface area (Å²) in [6, 6.07) is 7.09. The van der Waals surface area contributed by atoms with Crippen LogP contribution >= 0.6 is 0 Å². The van der Waals surface area contributed by atoms with Crippen LogP contribution in [-0.2, 0) is 6.54 Å². The van der Waals surface area contributed by atoms with Crippen LogP contribution in [0.15, 0.2) is 30.8 Å². The predicted molar refractivity (Wildman–Crippen MR) is 47.2 cm³/mol. The minimum Gasteiger partial charge on any atom is -0.264 e. The molecule has 3 heteroatoms. The van der Waals surface area contributed by atoms with Crippen molar-refractivity contribution in [2.45, 2.75) is 6.54 Å². The number of nitro groups is 1. The van der Waals surface area contributed by atoms with Gasteiger partial charge in [0.2, 0.25) is 6.54 Å². The monoisotopic (exact) mass is 163 g/mol. The van der Waals surface area contributed by atoms with Crippen LogP contribution in [0, 0.1) is 10.1 Å². The molecule has 1 rings (SSSR count). The molecule has 0 unspecified atom stereocenters. The van der Waals surface area contributed by atoms with Crippen LogP contribution in [0.4, 0.5) is 0 Å². The van der Waals surface area contributed by atoms with E-state index in [0.29, 0.717) is 5.56 Å². The van der Waals surface area contributed by atoms with Gasteiger partial charge in [0, 0.05) is 10.5 Å². The van der Waals surface area contributed by atoms with Crippen molar-refractivity contribution >= 4 is 6.08 Å². The molecule has 0 saturated carbocycles. The van der Waals surface area contributed by atoms with Crippen molar-refractivity contribution in [3.63, 3.8) is 0 Å². The van der Waals surface area contributed by atoms with E-state index in [4.69, 9.17) is 0 Å². The van der Waals surface area contributed by atoms with E-state index in [9.17, 15) is 10.1 Å². The van der Waals surface area contributed by atoms with Gasteiger partial charge >= 0.3 is 0 Å². The normalized spacial score (nSPS) is 9.33. The van der Waals surface area contributed by atoms with Gasteiger partial charge in [0.15, 0.2) is 0 Å². The van der Waals surface area contributed by atoms with Crippen LogP contribution in [0.25, 0.3) is 6.08 Å². The largest absolute Gasteiger partial charge is 0.264 e. The van der Waals surface area contributed by atoms with Crippen molar-refractivity contribution in [2.24, 2.45) is 0 Å². The lowest BCUT2D eigenvalue weighted by Gasteiger charge is -1.95. The topological polar surface area (TPSA) is 43.1 Å². The Kier molecular flexibility index (Phi) is 2.58. The summed E-state index contributed by atoms with van der Waals surface area (Å²) in [7, 11) is 0. The molecule has 0 aliphatic rings. The van der Waals surface area contributed by atoms with Gasteiger partial charge in [-0.05, 0) is 5.56 Å². The highest BCUT2D eigenvalue weighted by molar-refractivity contribution is 5.46. The molecular formula is C9H9NO2. The highest BCUT2D eigenvalue weighted by atomic mass is 16.6. The Hall–Kier alpha value is -1.64. The second kappa shape index (κ2) is 3.67. The van der Waals surface area contributed by atoms with Gasteiger partial charge in [-0.25, -0.2) is 0 Å². The summed E-state index contributed by atoms with van der Waals surface area (Å²) in [5, 5.41) is 10.1. The molecule has 0 radical (unpaired) electrons. The van der Waals surface area contributed by atoms with E-state index >= 15 is 0 Å². The van der Waals surface area contributed by atoms with E-state index in [1.54, 1.807) is 18.2 Å². The molecular weight excluding hydrogens is 154 g/mol. The van der Waals surface area contributed by atoms with Crippen molar-refractivity contribution < 1.29 is 4.92 Å². The van der Waals surface area contributed by atoms with Gasteiger partial charge in [0.05, 0.1) is 0 Å². The van der Waals surface area contributed by atoms with E-state index in [0.717, 1.165) is 5.56 Å². The predicted octanol–water partition coefficient (Wildman–Crippen LogP) is 2.11. The van der Waals surface area contributed by atoms with Crippen LogP contribution in [-0.4, -0.2) is 4.92 Å². The molecule has 0 fully saturated rings. The molecule has 1 aromatic rings. The first-order valence-corrected chi connectivity index (χ1v) is 3.55. The molecule has 3 nitrogen and oxygen atoms in total. The van der Waals surface area contributed by atoms with E-state index in [-0.39, 0.29) is 11.5 Å². The van der Waals surface area contributed by atoms with E-state index in [1.807, 2.05) is 12.1 Å². The Morgan fingerprint density at radius 3 is 2.42 bits per heavy atom. The van der Waals surface area contributed by atoms with E-state index in [1.165, 1.54) is 0 Å². The quantitative estimate of drug-likeness (QED) is 0.506. The zero-order valence-electron chi connectivity index (χ0n) is 6.56. The molecule has 0 aromatic heterocycles. The van der Waals surface area contributed by atoms with Crippen molar-refractivity contribution in [1.82, 2.24) is 0 Å². The van der Waals surface area contributed by atoms with Crippen LogP contribution in [0.5, 0.6) is 0 Å². The van der Waals surface area contributed by atoms with Gasteiger partial charge < -0.3 is 0 Å². The lowest BCUT2D eigenvalue weighted by Crippen LogP contribution is -1.97. The first-order chi connectivity index (χ1) is 5.72. The lowest BCUT2D eigenvalue weighted by atomic mass is 10.1. The SMILES string of the molecule is C=Cc1ccc(C[N+](=O)[O-])cc1.